The summed E-state index contributed by atoms with van der Waals surface area (Å²) in [5.74, 6) is 1.63. The summed E-state index contributed by atoms with van der Waals surface area (Å²) in [6.07, 6.45) is 0.833. The molecule has 1 N–H and O–H groups in total. The summed E-state index contributed by atoms with van der Waals surface area (Å²) < 4.78 is 9.85. The minimum Gasteiger partial charge on any atom is -0.430 e. The minimum atomic E-state index is 0.600. The van der Waals surface area contributed by atoms with Crippen LogP contribution in [0.4, 0.5) is 0 Å². The molecule has 0 bridgehead atoms. The molecule has 0 spiro atoms. The normalized spacial score (nSPS) is 10.5. The van der Waals surface area contributed by atoms with Gasteiger partial charge in [0, 0.05) is 24.5 Å². The molecule has 0 aliphatic heterocycles. The molecule has 90 valence electrons. The molecule has 2 rings (SSSR count). The molecular formula is C12H15N3OS. The van der Waals surface area contributed by atoms with Gasteiger partial charge in [0.25, 0.3) is 5.19 Å². The molecular weight excluding hydrogens is 234 g/mol. The van der Waals surface area contributed by atoms with E-state index in [0.29, 0.717) is 5.19 Å². The molecule has 2 aromatic rings. The van der Waals surface area contributed by atoms with Gasteiger partial charge < -0.3 is 10.1 Å². The lowest BCUT2D eigenvalue weighted by Crippen LogP contribution is -2.04. The van der Waals surface area contributed by atoms with Crippen LogP contribution in [0, 0.1) is 0 Å². The number of nitrogens with one attached hydrogen (secondary N) is 1. The van der Waals surface area contributed by atoms with Crippen molar-refractivity contribution in [3.8, 4) is 10.9 Å². The Hall–Kier alpha value is -1.46. The van der Waals surface area contributed by atoms with Crippen LogP contribution < -0.4 is 10.1 Å². The summed E-state index contributed by atoms with van der Waals surface area (Å²) in [6, 6.07) is 7.96. The van der Waals surface area contributed by atoms with Crippen molar-refractivity contribution in [2.75, 3.05) is 7.05 Å². The number of hydrogen-bond acceptors (Lipinski definition) is 5. The number of benzene rings is 1. The topological polar surface area (TPSA) is 47.0 Å². The summed E-state index contributed by atoms with van der Waals surface area (Å²) in [4.78, 5) is 4.27. The zero-order valence-electron chi connectivity index (χ0n) is 9.93. The molecule has 0 radical (unpaired) electrons. The van der Waals surface area contributed by atoms with E-state index in [9.17, 15) is 0 Å². The lowest BCUT2D eigenvalue weighted by atomic mass is 10.2. The molecule has 0 amide bonds. The fourth-order valence-electron chi connectivity index (χ4n) is 1.45. The van der Waals surface area contributed by atoms with E-state index < -0.39 is 0 Å². The molecule has 0 fully saturated rings. The van der Waals surface area contributed by atoms with Gasteiger partial charge in [0.2, 0.25) is 0 Å². The molecule has 0 unspecified atom stereocenters. The van der Waals surface area contributed by atoms with Crippen LogP contribution >= 0.6 is 11.5 Å². The van der Waals surface area contributed by atoms with E-state index in [1.807, 2.05) is 32.2 Å². The first kappa shape index (κ1) is 12.0. The third-order valence-corrected chi connectivity index (χ3v) is 2.88. The van der Waals surface area contributed by atoms with Crippen LogP contribution in [0.3, 0.4) is 0 Å². The highest BCUT2D eigenvalue weighted by molar-refractivity contribution is 7.07. The number of rotatable bonds is 5. The maximum absolute atomic E-state index is 5.66. The van der Waals surface area contributed by atoms with Crippen LogP contribution in [-0.2, 0) is 13.0 Å². The lowest BCUT2D eigenvalue weighted by molar-refractivity contribution is 0.476. The first-order valence-corrected chi connectivity index (χ1v) is 6.33. The van der Waals surface area contributed by atoms with Gasteiger partial charge in [-0.15, -0.1) is 0 Å². The Bertz CT molecular complexity index is 484. The van der Waals surface area contributed by atoms with Crippen LogP contribution in [0.5, 0.6) is 10.9 Å². The molecule has 0 saturated heterocycles. The van der Waals surface area contributed by atoms with Gasteiger partial charge in [0.1, 0.15) is 11.6 Å². The number of aromatic nitrogens is 2. The number of nitrogens with zero attached hydrogens (tertiary/aromatic N) is 2. The zero-order chi connectivity index (χ0) is 12.1. The maximum Gasteiger partial charge on any atom is 0.298 e. The molecule has 1 aromatic carbocycles. The van der Waals surface area contributed by atoms with Gasteiger partial charge in [-0.2, -0.15) is 9.36 Å². The summed E-state index contributed by atoms with van der Waals surface area (Å²) in [5, 5.41) is 3.71. The third kappa shape index (κ3) is 3.25. The maximum atomic E-state index is 5.66. The van der Waals surface area contributed by atoms with Crippen molar-refractivity contribution in [1.29, 1.82) is 0 Å². The zero-order valence-corrected chi connectivity index (χ0v) is 10.8. The minimum absolute atomic E-state index is 0.600. The van der Waals surface area contributed by atoms with Crippen molar-refractivity contribution in [2.24, 2.45) is 0 Å². The fourth-order valence-corrected chi connectivity index (χ4v) is 2.08. The Kier molecular flexibility index (Phi) is 4.06. The number of aryl methyl sites for hydroxylation is 1. The number of hydrogen-bond donors (Lipinski definition) is 1. The van der Waals surface area contributed by atoms with E-state index in [4.69, 9.17) is 4.74 Å². The first-order valence-electron chi connectivity index (χ1n) is 5.55. The van der Waals surface area contributed by atoms with E-state index in [1.165, 1.54) is 17.1 Å². The molecule has 1 heterocycles. The number of ether oxygens (including phenoxy) is 1. The van der Waals surface area contributed by atoms with Crippen LogP contribution in [0.2, 0.25) is 0 Å². The predicted octanol–water partition coefficient (Wildman–Crippen LogP) is 2.61. The average molecular weight is 249 g/mol. The summed E-state index contributed by atoms with van der Waals surface area (Å²) in [5.41, 5.74) is 1.19. The van der Waals surface area contributed by atoms with E-state index >= 15 is 0 Å². The molecule has 0 aliphatic rings. The van der Waals surface area contributed by atoms with Gasteiger partial charge in [-0.25, -0.2) is 0 Å². The van der Waals surface area contributed by atoms with Crippen LogP contribution in [0.1, 0.15) is 18.3 Å². The highest BCUT2D eigenvalue weighted by Gasteiger charge is 2.04. The van der Waals surface area contributed by atoms with Gasteiger partial charge in [0.05, 0.1) is 0 Å². The Morgan fingerprint density at radius 1 is 1.41 bits per heavy atom. The molecule has 1 aromatic heterocycles. The molecule has 4 nitrogen and oxygen atoms in total. The van der Waals surface area contributed by atoms with Gasteiger partial charge in [-0.1, -0.05) is 19.1 Å². The Labute approximate surface area is 105 Å². The van der Waals surface area contributed by atoms with Crippen LogP contribution in [-0.4, -0.2) is 16.4 Å². The SMILES string of the molecule is CCc1nsc(Oc2cccc(CNC)c2)n1. The second-order valence-corrected chi connectivity index (χ2v) is 4.32. The Morgan fingerprint density at radius 2 is 2.29 bits per heavy atom. The monoisotopic (exact) mass is 249 g/mol. The molecule has 0 atom stereocenters. The largest absolute Gasteiger partial charge is 0.430 e. The van der Waals surface area contributed by atoms with Crippen molar-refractivity contribution < 1.29 is 4.74 Å². The van der Waals surface area contributed by atoms with E-state index in [2.05, 4.69) is 20.7 Å². The van der Waals surface area contributed by atoms with Crippen molar-refractivity contribution in [3.05, 3.63) is 35.7 Å². The molecule has 17 heavy (non-hydrogen) atoms. The van der Waals surface area contributed by atoms with Crippen molar-refractivity contribution >= 4 is 11.5 Å². The van der Waals surface area contributed by atoms with Crippen molar-refractivity contribution in [1.82, 2.24) is 14.7 Å². The predicted molar refractivity (Wildman–Crippen MR) is 68.6 cm³/mol. The van der Waals surface area contributed by atoms with Gasteiger partial charge in [-0.3, -0.25) is 0 Å². The second-order valence-electron chi connectivity index (χ2n) is 3.61. The molecule has 0 aliphatic carbocycles. The van der Waals surface area contributed by atoms with Gasteiger partial charge >= 0.3 is 0 Å². The first-order chi connectivity index (χ1) is 8.31. The van der Waals surface area contributed by atoms with E-state index in [-0.39, 0.29) is 0 Å². The van der Waals surface area contributed by atoms with Crippen molar-refractivity contribution in [3.63, 3.8) is 0 Å². The van der Waals surface area contributed by atoms with Gasteiger partial charge in [0.15, 0.2) is 0 Å². The fraction of sp³-hybridized carbons (Fsp3) is 0.333. The lowest BCUT2D eigenvalue weighted by Gasteiger charge is -2.04. The average Bonchev–Trinajstić information content (AvgIpc) is 2.78. The standard InChI is InChI=1S/C12H15N3OS/c1-3-11-14-12(17-15-11)16-10-6-4-5-9(7-10)8-13-2/h4-7,13H,3,8H2,1-2H3. The molecule has 0 saturated carbocycles. The van der Waals surface area contributed by atoms with Crippen molar-refractivity contribution in [2.45, 2.75) is 19.9 Å². The highest BCUT2D eigenvalue weighted by atomic mass is 32.1. The highest BCUT2D eigenvalue weighted by Crippen LogP contribution is 2.23. The van der Waals surface area contributed by atoms with Crippen LogP contribution in [0.25, 0.3) is 0 Å². The van der Waals surface area contributed by atoms with E-state index in [0.717, 1.165) is 24.5 Å². The molecule has 5 heteroatoms. The van der Waals surface area contributed by atoms with E-state index in [1.54, 1.807) is 0 Å². The second kappa shape index (κ2) is 5.75. The summed E-state index contributed by atoms with van der Waals surface area (Å²) in [7, 11) is 1.92. The quantitative estimate of drug-likeness (QED) is 0.885. The van der Waals surface area contributed by atoms with Gasteiger partial charge in [-0.05, 0) is 24.7 Å². The summed E-state index contributed by atoms with van der Waals surface area (Å²) in [6.45, 7) is 2.85. The summed E-state index contributed by atoms with van der Waals surface area (Å²) >= 11 is 1.29. The van der Waals surface area contributed by atoms with Crippen LogP contribution in [0.15, 0.2) is 24.3 Å². The Morgan fingerprint density at radius 3 is 3.00 bits per heavy atom. The Balaban J connectivity index is 2.09. The third-order valence-electron chi connectivity index (χ3n) is 2.25. The smallest absolute Gasteiger partial charge is 0.298 e.